The molecule has 12 heavy (non-hydrogen) atoms. The SMILES string of the molecule is CN1C(=O)C(=O)N(C)C1=C(Cl)Cl. The summed E-state index contributed by atoms with van der Waals surface area (Å²) < 4.78 is -0.0980. The van der Waals surface area contributed by atoms with Crippen molar-refractivity contribution < 1.29 is 9.59 Å². The van der Waals surface area contributed by atoms with E-state index in [1.54, 1.807) is 0 Å². The van der Waals surface area contributed by atoms with Crippen LogP contribution in [0, 0.1) is 0 Å². The molecule has 0 saturated carbocycles. The van der Waals surface area contributed by atoms with Gasteiger partial charge in [0.2, 0.25) is 0 Å². The average molecular weight is 209 g/mol. The summed E-state index contributed by atoms with van der Waals surface area (Å²) in [6, 6.07) is 0. The molecule has 0 bridgehead atoms. The number of hydrogen-bond donors (Lipinski definition) is 0. The summed E-state index contributed by atoms with van der Waals surface area (Å²) in [6.45, 7) is 0. The molecule has 1 saturated heterocycles. The highest BCUT2D eigenvalue weighted by Gasteiger charge is 2.37. The third-order valence-electron chi connectivity index (χ3n) is 1.60. The number of carbonyl (C=O) groups excluding carboxylic acids is 2. The van der Waals surface area contributed by atoms with Crippen LogP contribution in [0.4, 0.5) is 0 Å². The Bertz CT molecular complexity index is 261. The molecule has 4 nitrogen and oxygen atoms in total. The highest BCUT2D eigenvalue weighted by Crippen LogP contribution is 2.24. The highest BCUT2D eigenvalue weighted by molar-refractivity contribution is 6.56. The summed E-state index contributed by atoms with van der Waals surface area (Å²) in [7, 11) is 2.87. The number of halogens is 2. The number of hydrogen-bond acceptors (Lipinski definition) is 2. The standard InChI is InChI=1S/C6H6Cl2N2O2/c1-9-4(3(7)8)10(2)6(12)5(9)11/h1-2H3. The van der Waals surface area contributed by atoms with Crippen LogP contribution in [-0.2, 0) is 9.59 Å². The second kappa shape index (κ2) is 2.95. The molecule has 0 atom stereocenters. The summed E-state index contributed by atoms with van der Waals surface area (Å²) >= 11 is 10.9. The fraction of sp³-hybridized carbons (Fsp3) is 0.333. The molecule has 0 unspecified atom stereocenters. The van der Waals surface area contributed by atoms with Crippen molar-refractivity contribution in [1.82, 2.24) is 9.80 Å². The lowest BCUT2D eigenvalue weighted by atomic mass is 10.6. The van der Waals surface area contributed by atoms with Gasteiger partial charge in [0, 0.05) is 14.1 Å². The third kappa shape index (κ3) is 1.17. The van der Waals surface area contributed by atoms with Crippen LogP contribution in [0.3, 0.4) is 0 Å². The van der Waals surface area contributed by atoms with Crippen molar-refractivity contribution in [3.63, 3.8) is 0 Å². The predicted molar refractivity (Wildman–Crippen MR) is 44.3 cm³/mol. The smallest absolute Gasteiger partial charge is 0.291 e. The van der Waals surface area contributed by atoms with Crippen LogP contribution >= 0.6 is 23.2 Å². The molecule has 1 fully saturated rings. The fourth-order valence-corrected chi connectivity index (χ4v) is 1.46. The van der Waals surface area contributed by atoms with Crippen molar-refractivity contribution in [2.24, 2.45) is 0 Å². The Balaban J connectivity index is 3.17. The molecule has 0 radical (unpaired) electrons. The van der Waals surface area contributed by atoms with E-state index in [0.29, 0.717) is 0 Å². The van der Waals surface area contributed by atoms with Crippen LogP contribution in [0.1, 0.15) is 0 Å². The van der Waals surface area contributed by atoms with E-state index >= 15 is 0 Å². The van der Waals surface area contributed by atoms with Gasteiger partial charge in [0.1, 0.15) is 10.3 Å². The van der Waals surface area contributed by atoms with Crippen LogP contribution < -0.4 is 0 Å². The topological polar surface area (TPSA) is 40.6 Å². The minimum absolute atomic E-state index is 0.0980. The minimum Gasteiger partial charge on any atom is -0.291 e. The lowest BCUT2D eigenvalue weighted by Crippen LogP contribution is -2.23. The molecule has 1 aliphatic heterocycles. The van der Waals surface area contributed by atoms with Gasteiger partial charge in [-0.1, -0.05) is 23.2 Å². The van der Waals surface area contributed by atoms with E-state index in [4.69, 9.17) is 23.2 Å². The maximum atomic E-state index is 11.0. The van der Waals surface area contributed by atoms with Gasteiger partial charge in [0.05, 0.1) is 0 Å². The van der Waals surface area contributed by atoms with Crippen molar-refractivity contribution in [2.75, 3.05) is 14.1 Å². The average Bonchev–Trinajstić information content (AvgIpc) is 2.16. The molecule has 0 aliphatic carbocycles. The van der Waals surface area contributed by atoms with Crippen LogP contribution in [0.5, 0.6) is 0 Å². The zero-order valence-corrected chi connectivity index (χ0v) is 7.98. The molecular weight excluding hydrogens is 203 g/mol. The molecule has 66 valence electrons. The Kier molecular flexibility index (Phi) is 2.30. The number of nitrogens with zero attached hydrogens (tertiary/aromatic N) is 2. The largest absolute Gasteiger partial charge is 0.317 e. The van der Waals surface area contributed by atoms with Gasteiger partial charge < -0.3 is 0 Å². The monoisotopic (exact) mass is 208 g/mol. The van der Waals surface area contributed by atoms with E-state index in [-0.39, 0.29) is 10.3 Å². The first kappa shape index (κ1) is 9.35. The summed E-state index contributed by atoms with van der Waals surface area (Å²) in [5.41, 5.74) is 0. The number of amides is 2. The van der Waals surface area contributed by atoms with Crippen LogP contribution in [0.15, 0.2) is 10.3 Å². The number of rotatable bonds is 0. The minimum atomic E-state index is -0.633. The molecule has 0 aromatic heterocycles. The number of carbonyl (C=O) groups is 2. The summed E-state index contributed by atoms with van der Waals surface area (Å²) in [6.07, 6.45) is 0. The number of likely N-dealkylation sites (N-methyl/N-ethyl adjacent to an activating group) is 2. The lowest BCUT2D eigenvalue weighted by molar-refractivity contribution is -0.142. The molecule has 1 heterocycles. The molecule has 1 rings (SSSR count). The molecule has 0 spiro atoms. The molecule has 2 amide bonds. The van der Waals surface area contributed by atoms with Crippen LogP contribution in [0.25, 0.3) is 0 Å². The van der Waals surface area contributed by atoms with Gasteiger partial charge in [-0.3, -0.25) is 19.4 Å². The first-order valence-corrected chi connectivity index (χ1v) is 3.83. The summed E-state index contributed by atoms with van der Waals surface area (Å²) in [5.74, 6) is -1.05. The van der Waals surface area contributed by atoms with Gasteiger partial charge >= 0.3 is 11.8 Å². The van der Waals surface area contributed by atoms with Crippen molar-refractivity contribution in [2.45, 2.75) is 0 Å². The van der Waals surface area contributed by atoms with Crippen molar-refractivity contribution in [3.05, 3.63) is 10.3 Å². The molecular formula is C6H6Cl2N2O2. The molecule has 0 N–H and O–H groups in total. The second-order valence-electron chi connectivity index (χ2n) is 2.31. The third-order valence-corrected chi connectivity index (χ3v) is 1.93. The van der Waals surface area contributed by atoms with Crippen molar-refractivity contribution in [1.29, 1.82) is 0 Å². The van der Waals surface area contributed by atoms with E-state index < -0.39 is 11.8 Å². The van der Waals surface area contributed by atoms with E-state index in [1.807, 2.05) is 0 Å². The first-order chi connectivity index (χ1) is 5.46. The fourth-order valence-electron chi connectivity index (χ4n) is 0.958. The Morgan fingerprint density at radius 2 is 1.42 bits per heavy atom. The van der Waals surface area contributed by atoms with Gasteiger partial charge in [-0.15, -0.1) is 0 Å². The summed E-state index contributed by atoms with van der Waals surface area (Å²) in [4.78, 5) is 24.2. The molecule has 0 aromatic rings. The summed E-state index contributed by atoms with van der Waals surface area (Å²) in [5, 5.41) is 0. The molecule has 1 aliphatic rings. The Hall–Kier alpha value is -0.740. The molecule has 0 aromatic carbocycles. The van der Waals surface area contributed by atoms with E-state index in [2.05, 4.69) is 0 Å². The van der Waals surface area contributed by atoms with Crippen molar-refractivity contribution >= 4 is 35.0 Å². The van der Waals surface area contributed by atoms with Gasteiger partial charge in [-0.2, -0.15) is 0 Å². The first-order valence-electron chi connectivity index (χ1n) is 3.08. The van der Waals surface area contributed by atoms with E-state index in [0.717, 1.165) is 9.80 Å². The van der Waals surface area contributed by atoms with Gasteiger partial charge in [0.25, 0.3) is 0 Å². The van der Waals surface area contributed by atoms with Gasteiger partial charge in [-0.05, 0) is 0 Å². The van der Waals surface area contributed by atoms with Crippen molar-refractivity contribution in [3.8, 4) is 0 Å². The normalized spacial score (nSPS) is 17.8. The predicted octanol–water partition coefficient (Wildman–Crippen LogP) is 0.521. The maximum Gasteiger partial charge on any atom is 0.317 e. The Morgan fingerprint density at radius 1 is 1.08 bits per heavy atom. The zero-order valence-electron chi connectivity index (χ0n) is 6.47. The lowest BCUT2D eigenvalue weighted by Gasteiger charge is -2.13. The Labute approximate surface area is 79.3 Å². The zero-order chi connectivity index (χ0) is 9.46. The van der Waals surface area contributed by atoms with E-state index in [1.165, 1.54) is 14.1 Å². The van der Waals surface area contributed by atoms with E-state index in [9.17, 15) is 9.59 Å². The maximum absolute atomic E-state index is 11.0. The van der Waals surface area contributed by atoms with Gasteiger partial charge in [0.15, 0.2) is 0 Å². The van der Waals surface area contributed by atoms with Crippen LogP contribution in [0.2, 0.25) is 0 Å². The molecule has 6 heteroatoms. The van der Waals surface area contributed by atoms with Crippen LogP contribution in [-0.4, -0.2) is 35.7 Å². The Morgan fingerprint density at radius 3 is 1.58 bits per heavy atom. The second-order valence-corrected chi connectivity index (χ2v) is 3.26. The highest BCUT2D eigenvalue weighted by atomic mass is 35.5. The quantitative estimate of drug-likeness (QED) is 0.545. The van der Waals surface area contributed by atoms with Gasteiger partial charge in [-0.25, -0.2) is 0 Å².